The van der Waals surface area contributed by atoms with Gasteiger partial charge in [-0.1, -0.05) is 20.8 Å². The molecule has 0 N–H and O–H groups in total. The van der Waals surface area contributed by atoms with Gasteiger partial charge >= 0.3 is 0 Å². The summed E-state index contributed by atoms with van der Waals surface area (Å²) in [5.74, 6) is 1.78. The van der Waals surface area contributed by atoms with Gasteiger partial charge in [0.2, 0.25) is 0 Å². The maximum atomic E-state index is 6.01. The SMILES string of the molecule is COc1ccc(OCc2sccc2Br)c(C(C)(C)C)c1. The maximum absolute atomic E-state index is 6.01. The van der Waals surface area contributed by atoms with Crippen LogP contribution in [0.1, 0.15) is 31.2 Å². The van der Waals surface area contributed by atoms with Crippen LogP contribution in [0.4, 0.5) is 0 Å². The van der Waals surface area contributed by atoms with Crippen LogP contribution >= 0.6 is 27.3 Å². The van der Waals surface area contributed by atoms with E-state index >= 15 is 0 Å². The molecule has 0 spiro atoms. The third-order valence-electron chi connectivity index (χ3n) is 3.04. The van der Waals surface area contributed by atoms with Crippen molar-refractivity contribution in [2.45, 2.75) is 32.8 Å². The number of thiophene rings is 1. The number of hydrogen-bond donors (Lipinski definition) is 0. The standard InChI is InChI=1S/C16H19BrO2S/c1-16(2,3)12-9-11(18-4)5-6-14(12)19-10-15-13(17)7-8-20-15/h5-9H,10H2,1-4H3. The molecule has 2 rings (SSSR count). The minimum Gasteiger partial charge on any atom is -0.497 e. The lowest BCUT2D eigenvalue weighted by Gasteiger charge is -2.23. The monoisotopic (exact) mass is 354 g/mol. The summed E-state index contributed by atoms with van der Waals surface area (Å²) in [5.41, 5.74) is 1.17. The van der Waals surface area contributed by atoms with Gasteiger partial charge in [0.25, 0.3) is 0 Å². The van der Waals surface area contributed by atoms with Gasteiger partial charge in [0.15, 0.2) is 0 Å². The molecule has 0 saturated heterocycles. The molecule has 0 bridgehead atoms. The second kappa shape index (κ2) is 6.19. The molecule has 0 aliphatic heterocycles. The van der Waals surface area contributed by atoms with Gasteiger partial charge in [-0.3, -0.25) is 0 Å². The minimum absolute atomic E-state index is 0.0105. The predicted molar refractivity (Wildman–Crippen MR) is 88.0 cm³/mol. The fraction of sp³-hybridized carbons (Fsp3) is 0.375. The van der Waals surface area contributed by atoms with Gasteiger partial charge in [-0.05, 0) is 51.0 Å². The van der Waals surface area contributed by atoms with E-state index in [9.17, 15) is 0 Å². The quantitative estimate of drug-likeness (QED) is 0.732. The molecule has 1 heterocycles. The molecular formula is C16H19BrO2S. The summed E-state index contributed by atoms with van der Waals surface area (Å²) in [6, 6.07) is 8.02. The Hall–Kier alpha value is -1.00. The van der Waals surface area contributed by atoms with Gasteiger partial charge in [0, 0.05) is 10.0 Å². The van der Waals surface area contributed by atoms with E-state index in [1.54, 1.807) is 18.4 Å². The average molecular weight is 355 g/mol. The Kier molecular flexibility index (Phi) is 4.76. The van der Waals surface area contributed by atoms with Crippen LogP contribution in [0.2, 0.25) is 0 Å². The van der Waals surface area contributed by atoms with Gasteiger partial charge in [0.05, 0.1) is 12.0 Å². The first-order chi connectivity index (χ1) is 9.41. The lowest BCUT2D eigenvalue weighted by atomic mass is 9.86. The lowest BCUT2D eigenvalue weighted by molar-refractivity contribution is 0.299. The number of benzene rings is 1. The van der Waals surface area contributed by atoms with Crippen LogP contribution in [0, 0.1) is 0 Å². The van der Waals surface area contributed by atoms with E-state index in [2.05, 4.69) is 48.1 Å². The number of methoxy groups -OCH3 is 1. The molecule has 0 radical (unpaired) electrons. The van der Waals surface area contributed by atoms with E-state index < -0.39 is 0 Å². The Morgan fingerprint density at radius 2 is 1.95 bits per heavy atom. The van der Waals surface area contributed by atoms with E-state index in [0.717, 1.165) is 21.5 Å². The minimum atomic E-state index is 0.0105. The molecule has 0 aliphatic rings. The van der Waals surface area contributed by atoms with E-state index in [1.807, 2.05) is 18.2 Å². The highest BCUT2D eigenvalue weighted by atomic mass is 79.9. The summed E-state index contributed by atoms with van der Waals surface area (Å²) in [6.07, 6.45) is 0. The molecule has 0 aliphatic carbocycles. The third kappa shape index (κ3) is 3.55. The summed E-state index contributed by atoms with van der Waals surface area (Å²) in [7, 11) is 1.69. The zero-order valence-electron chi connectivity index (χ0n) is 12.2. The molecule has 0 saturated carbocycles. The molecule has 0 amide bonds. The first-order valence-electron chi connectivity index (χ1n) is 6.45. The summed E-state index contributed by atoms with van der Waals surface area (Å²) in [5, 5.41) is 2.06. The fourth-order valence-corrected chi connectivity index (χ4v) is 3.30. The average Bonchev–Trinajstić information content (AvgIpc) is 2.80. The largest absolute Gasteiger partial charge is 0.497 e. The molecular weight excluding hydrogens is 336 g/mol. The van der Waals surface area contributed by atoms with Crippen LogP contribution in [0.15, 0.2) is 34.1 Å². The van der Waals surface area contributed by atoms with Crippen LogP contribution in [-0.4, -0.2) is 7.11 Å². The lowest BCUT2D eigenvalue weighted by Crippen LogP contribution is -2.13. The Balaban J connectivity index is 2.25. The van der Waals surface area contributed by atoms with Crippen LogP contribution in [0.3, 0.4) is 0 Å². The Morgan fingerprint density at radius 3 is 2.50 bits per heavy atom. The molecule has 20 heavy (non-hydrogen) atoms. The summed E-state index contributed by atoms with van der Waals surface area (Å²) in [4.78, 5) is 1.20. The molecule has 1 aromatic heterocycles. The molecule has 0 fully saturated rings. The van der Waals surface area contributed by atoms with Crippen molar-refractivity contribution < 1.29 is 9.47 Å². The molecule has 4 heteroatoms. The van der Waals surface area contributed by atoms with Gasteiger partial charge in [-0.2, -0.15) is 0 Å². The first kappa shape index (κ1) is 15.4. The fourth-order valence-electron chi connectivity index (χ4n) is 1.92. The van der Waals surface area contributed by atoms with Gasteiger partial charge in [-0.15, -0.1) is 11.3 Å². The Labute approximate surface area is 132 Å². The number of ether oxygens (including phenoxy) is 2. The van der Waals surface area contributed by atoms with Crippen molar-refractivity contribution in [1.82, 2.24) is 0 Å². The second-order valence-electron chi connectivity index (χ2n) is 5.59. The molecule has 1 aromatic carbocycles. The number of hydrogen-bond acceptors (Lipinski definition) is 3. The first-order valence-corrected chi connectivity index (χ1v) is 8.12. The Bertz CT molecular complexity index is 584. The van der Waals surface area contributed by atoms with Crippen LogP contribution in [0.5, 0.6) is 11.5 Å². The van der Waals surface area contributed by atoms with E-state index in [1.165, 1.54) is 4.88 Å². The van der Waals surface area contributed by atoms with Crippen LogP contribution in [-0.2, 0) is 12.0 Å². The van der Waals surface area contributed by atoms with Crippen molar-refractivity contribution in [2.24, 2.45) is 0 Å². The van der Waals surface area contributed by atoms with Crippen LogP contribution < -0.4 is 9.47 Å². The summed E-state index contributed by atoms with van der Waals surface area (Å²) >= 11 is 5.22. The molecule has 2 nitrogen and oxygen atoms in total. The Morgan fingerprint density at radius 1 is 1.20 bits per heavy atom. The second-order valence-corrected chi connectivity index (χ2v) is 7.45. The zero-order valence-corrected chi connectivity index (χ0v) is 14.6. The smallest absolute Gasteiger partial charge is 0.124 e. The maximum Gasteiger partial charge on any atom is 0.124 e. The predicted octanol–water partition coefficient (Wildman–Crippen LogP) is 5.40. The van der Waals surface area contributed by atoms with Crippen molar-refractivity contribution in [1.29, 1.82) is 0 Å². The highest BCUT2D eigenvalue weighted by Gasteiger charge is 2.20. The molecule has 0 atom stereocenters. The number of rotatable bonds is 4. The molecule has 0 unspecified atom stereocenters. The summed E-state index contributed by atoms with van der Waals surface area (Å²) in [6.45, 7) is 7.11. The van der Waals surface area contributed by atoms with Crippen molar-refractivity contribution in [3.63, 3.8) is 0 Å². The van der Waals surface area contributed by atoms with Gasteiger partial charge in [-0.25, -0.2) is 0 Å². The van der Waals surface area contributed by atoms with E-state index in [0.29, 0.717) is 6.61 Å². The topological polar surface area (TPSA) is 18.5 Å². The van der Waals surface area contributed by atoms with Crippen molar-refractivity contribution in [3.05, 3.63) is 44.6 Å². The van der Waals surface area contributed by atoms with Gasteiger partial charge in [0.1, 0.15) is 18.1 Å². The normalized spacial score (nSPS) is 11.4. The van der Waals surface area contributed by atoms with Crippen LogP contribution in [0.25, 0.3) is 0 Å². The zero-order chi connectivity index (χ0) is 14.8. The van der Waals surface area contributed by atoms with Crippen molar-refractivity contribution in [2.75, 3.05) is 7.11 Å². The van der Waals surface area contributed by atoms with Gasteiger partial charge < -0.3 is 9.47 Å². The third-order valence-corrected chi connectivity index (χ3v) is 4.94. The summed E-state index contributed by atoms with van der Waals surface area (Å²) < 4.78 is 12.4. The van der Waals surface area contributed by atoms with E-state index in [-0.39, 0.29) is 5.41 Å². The molecule has 108 valence electrons. The van der Waals surface area contributed by atoms with Crippen molar-refractivity contribution in [3.8, 4) is 11.5 Å². The molecule has 2 aromatic rings. The highest BCUT2D eigenvalue weighted by Crippen LogP contribution is 2.35. The van der Waals surface area contributed by atoms with Crippen molar-refractivity contribution >= 4 is 27.3 Å². The number of halogens is 1. The van der Waals surface area contributed by atoms with E-state index in [4.69, 9.17) is 9.47 Å². The highest BCUT2D eigenvalue weighted by molar-refractivity contribution is 9.10.